The van der Waals surface area contributed by atoms with Crippen molar-refractivity contribution in [2.24, 2.45) is 0 Å². The smallest absolute Gasteiger partial charge is 0.282 e. The molecule has 0 spiro atoms. The maximum atomic E-state index is 13.8. The number of carbonyl (C=O) groups is 2. The Morgan fingerprint density at radius 3 is 2.25 bits per heavy atom. The summed E-state index contributed by atoms with van der Waals surface area (Å²) in [6.07, 6.45) is 0. The van der Waals surface area contributed by atoms with Crippen LogP contribution < -0.4 is 15.1 Å². The predicted octanol–water partition coefficient (Wildman–Crippen LogP) is 5.27. The molecule has 4 rings (SSSR count). The van der Waals surface area contributed by atoms with Gasteiger partial charge in [0.15, 0.2) is 11.6 Å². The van der Waals surface area contributed by atoms with E-state index in [-0.39, 0.29) is 17.0 Å². The van der Waals surface area contributed by atoms with Gasteiger partial charge >= 0.3 is 0 Å². The molecule has 5 nitrogen and oxygen atoms in total. The number of benzene rings is 2. The molecule has 3 aromatic rings. The summed E-state index contributed by atoms with van der Waals surface area (Å²) in [5, 5.41) is 4.88. The zero-order chi connectivity index (χ0) is 22.8. The van der Waals surface area contributed by atoms with Crippen molar-refractivity contribution < 1.29 is 18.4 Å². The van der Waals surface area contributed by atoms with Gasteiger partial charge in [0.25, 0.3) is 11.8 Å². The lowest BCUT2D eigenvalue weighted by molar-refractivity contribution is -0.120. The van der Waals surface area contributed by atoms with Gasteiger partial charge in [0.1, 0.15) is 5.70 Å². The molecule has 0 unspecified atom stereocenters. The molecule has 164 valence electrons. The minimum atomic E-state index is -1.13. The second-order valence-corrected chi connectivity index (χ2v) is 8.06. The number of amides is 2. The first kappa shape index (κ1) is 21.7. The molecule has 2 aromatic carbocycles. The number of imide groups is 1. The standard InChI is InChI=1S/C24H21F2N3O2S/c1-3-28(4-2)16-9-7-15(8-10-16)27-22-21(20-6-5-13-32-20)23(30)29(24(22)31)17-11-12-18(25)19(26)14-17/h5-14,27H,3-4H2,1-2H3. The largest absolute Gasteiger partial charge is 0.372 e. The Hall–Kier alpha value is -3.52. The Morgan fingerprint density at radius 1 is 0.938 bits per heavy atom. The summed E-state index contributed by atoms with van der Waals surface area (Å²) in [6.45, 7) is 5.88. The fourth-order valence-electron chi connectivity index (χ4n) is 3.64. The summed E-state index contributed by atoms with van der Waals surface area (Å²) in [5.41, 5.74) is 1.95. The summed E-state index contributed by atoms with van der Waals surface area (Å²) in [7, 11) is 0. The Labute approximate surface area is 188 Å². The van der Waals surface area contributed by atoms with Crippen LogP contribution in [0.2, 0.25) is 0 Å². The predicted molar refractivity (Wildman–Crippen MR) is 124 cm³/mol. The van der Waals surface area contributed by atoms with Crippen LogP contribution in [0.3, 0.4) is 0 Å². The van der Waals surface area contributed by atoms with E-state index in [4.69, 9.17) is 0 Å². The molecule has 1 aliphatic rings. The van der Waals surface area contributed by atoms with Gasteiger partial charge in [-0.25, -0.2) is 13.7 Å². The lowest BCUT2D eigenvalue weighted by Crippen LogP contribution is -2.32. The number of thiophene rings is 1. The van der Waals surface area contributed by atoms with Gasteiger partial charge < -0.3 is 10.2 Å². The quantitative estimate of drug-likeness (QED) is 0.495. The number of anilines is 3. The van der Waals surface area contributed by atoms with Gasteiger partial charge in [0, 0.05) is 35.4 Å². The van der Waals surface area contributed by atoms with Gasteiger partial charge in [0.2, 0.25) is 0 Å². The first-order chi connectivity index (χ1) is 15.4. The van der Waals surface area contributed by atoms with Gasteiger partial charge in [-0.15, -0.1) is 11.3 Å². The van der Waals surface area contributed by atoms with E-state index in [9.17, 15) is 18.4 Å². The van der Waals surface area contributed by atoms with E-state index < -0.39 is 23.4 Å². The molecule has 0 saturated carbocycles. The van der Waals surface area contributed by atoms with E-state index in [1.54, 1.807) is 17.5 Å². The number of halogens is 2. The van der Waals surface area contributed by atoms with Crippen molar-refractivity contribution in [3.8, 4) is 0 Å². The number of nitrogens with zero attached hydrogens (tertiary/aromatic N) is 2. The Kier molecular flexibility index (Phi) is 6.05. The van der Waals surface area contributed by atoms with Crippen molar-refractivity contribution in [1.82, 2.24) is 0 Å². The summed E-state index contributed by atoms with van der Waals surface area (Å²) >= 11 is 1.32. The number of hydrogen-bond donors (Lipinski definition) is 1. The van der Waals surface area contributed by atoms with Crippen LogP contribution in [0.4, 0.5) is 25.8 Å². The van der Waals surface area contributed by atoms with Crippen LogP contribution in [0, 0.1) is 11.6 Å². The first-order valence-corrected chi connectivity index (χ1v) is 11.1. The average molecular weight is 454 g/mol. The van der Waals surface area contributed by atoms with Crippen LogP contribution in [0.5, 0.6) is 0 Å². The van der Waals surface area contributed by atoms with Crippen molar-refractivity contribution in [3.63, 3.8) is 0 Å². The van der Waals surface area contributed by atoms with Gasteiger partial charge in [-0.1, -0.05) is 6.07 Å². The molecule has 1 aromatic heterocycles. The minimum absolute atomic E-state index is 0.0263. The molecule has 0 fully saturated rings. The maximum absolute atomic E-state index is 13.8. The molecule has 8 heteroatoms. The monoisotopic (exact) mass is 453 g/mol. The molecule has 0 bridgehead atoms. The van der Waals surface area contributed by atoms with E-state index >= 15 is 0 Å². The van der Waals surface area contributed by atoms with Gasteiger partial charge in [-0.2, -0.15) is 0 Å². The lowest BCUT2D eigenvalue weighted by atomic mass is 10.1. The van der Waals surface area contributed by atoms with Crippen molar-refractivity contribution in [1.29, 1.82) is 0 Å². The van der Waals surface area contributed by atoms with Crippen LogP contribution in [0.1, 0.15) is 18.7 Å². The highest BCUT2D eigenvalue weighted by Gasteiger charge is 2.41. The Balaban J connectivity index is 1.71. The second kappa shape index (κ2) is 8.92. The van der Waals surface area contributed by atoms with Crippen LogP contribution in [-0.2, 0) is 9.59 Å². The number of hydrogen-bond acceptors (Lipinski definition) is 5. The summed E-state index contributed by atoms with van der Waals surface area (Å²) in [6, 6.07) is 14.0. The molecular formula is C24H21F2N3O2S. The van der Waals surface area contributed by atoms with Crippen molar-refractivity contribution in [2.45, 2.75) is 13.8 Å². The number of carbonyl (C=O) groups excluding carboxylic acids is 2. The van der Waals surface area contributed by atoms with Crippen LogP contribution in [-0.4, -0.2) is 24.9 Å². The molecule has 0 saturated heterocycles. The van der Waals surface area contributed by atoms with E-state index in [0.29, 0.717) is 10.6 Å². The second-order valence-electron chi connectivity index (χ2n) is 7.12. The molecule has 1 aliphatic heterocycles. The summed E-state index contributed by atoms with van der Waals surface area (Å²) in [4.78, 5) is 30.1. The fraction of sp³-hybridized carbons (Fsp3) is 0.167. The highest BCUT2D eigenvalue weighted by atomic mass is 32.1. The molecule has 0 atom stereocenters. The molecular weight excluding hydrogens is 432 g/mol. The first-order valence-electron chi connectivity index (χ1n) is 10.2. The van der Waals surface area contributed by atoms with Crippen molar-refractivity contribution >= 4 is 45.8 Å². The maximum Gasteiger partial charge on any atom is 0.282 e. The zero-order valence-electron chi connectivity index (χ0n) is 17.6. The lowest BCUT2D eigenvalue weighted by Gasteiger charge is -2.21. The van der Waals surface area contributed by atoms with Crippen molar-refractivity contribution in [3.05, 3.63) is 82.2 Å². The fourth-order valence-corrected chi connectivity index (χ4v) is 4.41. The third-order valence-corrected chi connectivity index (χ3v) is 6.17. The van der Waals surface area contributed by atoms with Crippen LogP contribution >= 0.6 is 11.3 Å². The molecule has 0 radical (unpaired) electrons. The minimum Gasteiger partial charge on any atom is -0.372 e. The SMILES string of the molecule is CCN(CC)c1ccc(NC2=C(c3cccs3)C(=O)N(c3ccc(F)c(F)c3)C2=O)cc1. The third-order valence-electron chi connectivity index (χ3n) is 5.28. The van der Waals surface area contributed by atoms with E-state index in [2.05, 4.69) is 24.1 Å². The number of rotatable bonds is 7. The van der Waals surface area contributed by atoms with Crippen LogP contribution in [0.25, 0.3) is 5.57 Å². The number of nitrogens with one attached hydrogen (secondary N) is 1. The summed E-state index contributed by atoms with van der Waals surface area (Å²) < 4.78 is 27.2. The van der Waals surface area contributed by atoms with Crippen LogP contribution in [0.15, 0.2) is 65.7 Å². The average Bonchev–Trinajstić information content (AvgIpc) is 3.39. The summed E-state index contributed by atoms with van der Waals surface area (Å²) in [5.74, 6) is -3.40. The topological polar surface area (TPSA) is 52.7 Å². The highest BCUT2D eigenvalue weighted by molar-refractivity contribution is 7.11. The van der Waals surface area contributed by atoms with Gasteiger partial charge in [-0.05, 0) is 61.7 Å². The molecule has 1 N–H and O–H groups in total. The zero-order valence-corrected chi connectivity index (χ0v) is 18.4. The molecule has 2 amide bonds. The molecule has 32 heavy (non-hydrogen) atoms. The van der Waals surface area contributed by atoms with Gasteiger partial charge in [0.05, 0.1) is 11.3 Å². The van der Waals surface area contributed by atoms with E-state index in [0.717, 1.165) is 35.8 Å². The van der Waals surface area contributed by atoms with E-state index in [1.165, 1.54) is 17.4 Å². The normalized spacial score (nSPS) is 13.8. The van der Waals surface area contributed by atoms with E-state index in [1.807, 2.05) is 24.3 Å². The van der Waals surface area contributed by atoms with Gasteiger partial charge in [-0.3, -0.25) is 9.59 Å². The Morgan fingerprint density at radius 2 is 1.66 bits per heavy atom. The third kappa shape index (κ3) is 3.89. The Bertz CT molecular complexity index is 1190. The highest BCUT2D eigenvalue weighted by Crippen LogP contribution is 2.36. The molecule has 2 heterocycles. The molecule has 0 aliphatic carbocycles. The van der Waals surface area contributed by atoms with Crippen molar-refractivity contribution in [2.75, 3.05) is 28.2 Å².